The van der Waals surface area contributed by atoms with Crippen LogP contribution in [0.2, 0.25) is 0 Å². The maximum Gasteiger partial charge on any atom is 0.314 e. The van der Waals surface area contributed by atoms with Crippen LogP contribution in [0.25, 0.3) is 0 Å². The Hall–Kier alpha value is -1.30. The normalized spacial score (nSPS) is 25.3. The molecule has 0 radical (unpaired) electrons. The fourth-order valence-electron chi connectivity index (χ4n) is 1.66. The van der Waals surface area contributed by atoms with Crippen molar-refractivity contribution in [2.24, 2.45) is 11.8 Å². The topological polar surface area (TPSA) is 87.7 Å². The molecule has 0 bridgehead atoms. The molecule has 2 amide bonds. The highest BCUT2D eigenvalue weighted by atomic mass is 16.5. The summed E-state index contributed by atoms with van der Waals surface area (Å²) in [5.74, 6) is -1.14. The van der Waals surface area contributed by atoms with Crippen molar-refractivity contribution in [3.05, 3.63) is 0 Å². The van der Waals surface area contributed by atoms with Crippen LogP contribution in [0.4, 0.5) is 4.79 Å². The first-order valence-corrected chi connectivity index (χ1v) is 5.86. The van der Waals surface area contributed by atoms with Crippen molar-refractivity contribution < 1.29 is 19.4 Å². The van der Waals surface area contributed by atoms with Crippen molar-refractivity contribution in [2.45, 2.75) is 26.4 Å². The number of aliphatic carboxylic acids is 1. The van der Waals surface area contributed by atoms with Gasteiger partial charge in [0.25, 0.3) is 0 Å². The van der Waals surface area contributed by atoms with Gasteiger partial charge in [-0.2, -0.15) is 0 Å². The van der Waals surface area contributed by atoms with Gasteiger partial charge in [-0.05, 0) is 13.3 Å². The second-order valence-electron chi connectivity index (χ2n) is 4.45. The number of carbonyl (C=O) groups excluding carboxylic acids is 1. The molecule has 1 aliphatic heterocycles. The van der Waals surface area contributed by atoms with Crippen molar-refractivity contribution in [3.8, 4) is 0 Å². The summed E-state index contributed by atoms with van der Waals surface area (Å²) in [5.41, 5.74) is 0. The molecule has 0 aromatic heterocycles. The quantitative estimate of drug-likeness (QED) is 0.654. The van der Waals surface area contributed by atoms with Gasteiger partial charge in [-0.3, -0.25) is 4.79 Å². The minimum Gasteiger partial charge on any atom is -0.481 e. The zero-order valence-corrected chi connectivity index (χ0v) is 10.2. The average molecular weight is 244 g/mol. The zero-order valence-electron chi connectivity index (χ0n) is 10.2. The Morgan fingerprint density at radius 2 is 2.18 bits per heavy atom. The van der Waals surface area contributed by atoms with Crippen LogP contribution in [0.1, 0.15) is 20.3 Å². The summed E-state index contributed by atoms with van der Waals surface area (Å²) in [4.78, 5) is 21.9. The number of amides is 2. The molecule has 6 heteroatoms. The second-order valence-corrected chi connectivity index (χ2v) is 4.45. The fourth-order valence-corrected chi connectivity index (χ4v) is 1.66. The summed E-state index contributed by atoms with van der Waals surface area (Å²) in [6.45, 7) is 4.98. The molecule has 0 spiro atoms. The zero-order chi connectivity index (χ0) is 12.8. The monoisotopic (exact) mass is 244 g/mol. The smallest absolute Gasteiger partial charge is 0.314 e. The number of carboxylic acids is 1. The van der Waals surface area contributed by atoms with Crippen LogP contribution in [0.5, 0.6) is 0 Å². The van der Waals surface area contributed by atoms with Gasteiger partial charge in [0.1, 0.15) is 0 Å². The van der Waals surface area contributed by atoms with Gasteiger partial charge in [0.2, 0.25) is 0 Å². The molecule has 0 aromatic rings. The molecular formula is C11H20N2O4. The summed E-state index contributed by atoms with van der Waals surface area (Å²) in [5, 5.41) is 13.9. The van der Waals surface area contributed by atoms with Crippen LogP contribution in [0.3, 0.4) is 0 Å². The van der Waals surface area contributed by atoms with Crippen molar-refractivity contribution >= 4 is 12.0 Å². The van der Waals surface area contributed by atoms with Crippen LogP contribution < -0.4 is 10.6 Å². The van der Waals surface area contributed by atoms with Crippen molar-refractivity contribution in [1.29, 1.82) is 0 Å². The Bertz CT molecular complexity index is 283. The van der Waals surface area contributed by atoms with Gasteiger partial charge >= 0.3 is 12.0 Å². The molecule has 0 aliphatic carbocycles. The number of rotatable bonds is 5. The SMILES string of the molecule is CC(CNC(=O)NCC1CCOC1C)C(=O)O. The molecule has 1 rings (SSSR count). The third kappa shape index (κ3) is 4.60. The minimum absolute atomic E-state index is 0.137. The van der Waals surface area contributed by atoms with E-state index >= 15 is 0 Å². The van der Waals surface area contributed by atoms with E-state index in [1.165, 1.54) is 0 Å². The van der Waals surface area contributed by atoms with E-state index in [1.54, 1.807) is 6.92 Å². The first-order chi connectivity index (χ1) is 8.00. The van der Waals surface area contributed by atoms with Crippen LogP contribution in [0.15, 0.2) is 0 Å². The molecule has 1 saturated heterocycles. The lowest BCUT2D eigenvalue weighted by molar-refractivity contribution is -0.140. The molecule has 0 aromatic carbocycles. The standard InChI is InChI=1S/C11H20N2O4/c1-7(10(14)15)5-12-11(16)13-6-9-3-4-17-8(9)2/h7-9H,3-6H2,1-2H3,(H,14,15)(H2,12,13,16). The Kier molecular flexibility index (Phi) is 5.21. The molecule has 3 N–H and O–H groups in total. The van der Waals surface area contributed by atoms with E-state index < -0.39 is 11.9 Å². The Balaban J connectivity index is 2.15. The van der Waals surface area contributed by atoms with Crippen molar-refractivity contribution in [1.82, 2.24) is 10.6 Å². The molecule has 3 unspecified atom stereocenters. The number of hydrogen-bond acceptors (Lipinski definition) is 3. The third-order valence-corrected chi connectivity index (χ3v) is 3.05. The van der Waals surface area contributed by atoms with Crippen LogP contribution in [-0.2, 0) is 9.53 Å². The maximum atomic E-state index is 11.4. The van der Waals surface area contributed by atoms with Crippen LogP contribution >= 0.6 is 0 Å². The van der Waals surface area contributed by atoms with Gasteiger partial charge in [-0.25, -0.2) is 4.79 Å². The lowest BCUT2D eigenvalue weighted by Crippen LogP contribution is -2.41. The number of carboxylic acid groups (broad SMARTS) is 1. The predicted molar refractivity (Wildman–Crippen MR) is 61.7 cm³/mol. The van der Waals surface area contributed by atoms with Gasteiger partial charge in [-0.1, -0.05) is 6.92 Å². The summed E-state index contributed by atoms with van der Waals surface area (Å²) < 4.78 is 5.38. The number of nitrogens with one attached hydrogen (secondary N) is 2. The average Bonchev–Trinajstić information content (AvgIpc) is 2.68. The number of hydrogen-bond donors (Lipinski definition) is 3. The molecule has 3 atom stereocenters. The fraction of sp³-hybridized carbons (Fsp3) is 0.818. The summed E-state index contributed by atoms with van der Waals surface area (Å²) in [7, 11) is 0. The highest BCUT2D eigenvalue weighted by Gasteiger charge is 2.24. The van der Waals surface area contributed by atoms with E-state index in [-0.39, 0.29) is 18.7 Å². The second kappa shape index (κ2) is 6.44. The molecule has 6 nitrogen and oxygen atoms in total. The highest BCUT2D eigenvalue weighted by Crippen LogP contribution is 2.18. The summed E-state index contributed by atoms with van der Waals surface area (Å²) in [6.07, 6.45) is 1.13. The molecule has 98 valence electrons. The highest BCUT2D eigenvalue weighted by molar-refractivity contribution is 5.75. The number of carbonyl (C=O) groups is 2. The summed E-state index contributed by atoms with van der Waals surface area (Å²) in [6, 6.07) is -0.322. The van der Waals surface area contributed by atoms with Crippen molar-refractivity contribution in [3.63, 3.8) is 0 Å². The Morgan fingerprint density at radius 3 is 2.71 bits per heavy atom. The number of ether oxygens (including phenoxy) is 1. The van der Waals surface area contributed by atoms with Crippen molar-refractivity contribution in [2.75, 3.05) is 19.7 Å². The number of urea groups is 1. The lowest BCUT2D eigenvalue weighted by Gasteiger charge is -2.15. The van der Waals surface area contributed by atoms with Gasteiger partial charge in [0, 0.05) is 25.6 Å². The van der Waals surface area contributed by atoms with E-state index in [2.05, 4.69) is 10.6 Å². The first-order valence-electron chi connectivity index (χ1n) is 5.86. The maximum absolute atomic E-state index is 11.4. The molecule has 1 aliphatic rings. The Morgan fingerprint density at radius 1 is 1.47 bits per heavy atom. The van der Waals surface area contributed by atoms with Gasteiger partial charge < -0.3 is 20.5 Å². The molecule has 0 saturated carbocycles. The van der Waals surface area contributed by atoms with Gasteiger partial charge in [-0.15, -0.1) is 0 Å². The van der Waals surface area contributed by atoms with E-state index in [0.717, 1.165) is 13.0 Å². The minimum atomic E-state index is -0.914. The molecule has 17 heavy (non-hydrogen) atoms. The van der Waals surface area contributed by atoms with Gasteiger partial charge in [0.05, 0.1) is 12.0 Å². The first kappa shape index (κ1) is 13.8. The third-order valence-electron chi connectivity index (χ3n) is 3.05. The van der Waals surface area contributed by atoms with E-state index in [0.29, 0.717) is 12.5 Å². The van der Waals surface area contributed by atoms with Crippen LogP contribution in [0, 0.1) is 11.8 Å². The largest absolute Gasteiger partial charge is 0.481 e. The van der Waals surface area contributed by atoms with E-state index in [1.807, 2.05) is 6.92 Å². The van der Waals surface area contributed by atoms with Crippen LogP contribution in [-0.4, -0.2) is 42.9 Å². The molecule has 1 fully saturated rings. The summed E-state index contributed by atoms with van der Waals surface area (Å²) >= 11 is 0. The van der Waals surface area contributed by atoms with E-state index in [9.17, 15) is 9.59 Å². The molecular weight excluding hydrogens is 224 g/mol. The predicted octanol–water partition coefficient (Wildman–Crippen LogP) is 0.431. The van der Waals surface area contributed by atoms with E-state index in [4.69, 9.17) is 9.84 Å². The Labute approximate surface area is 101 Å². The lowest BCUT2D eigenvalue weighted by atomic mass is 10.0. The molecule has 1 heterocycles. The van der Waals surface area contributed by atoms with Gasteiger partial charge in [0.15, 0.2) is 0 Å².